The second kappa shape index (κ2) is 3.53. The zero-order valence-electron chi connectivity index (χ0n) is 9.10. The van der Waals surface area contributed by atoms with Crippen LogP contribution < -0.4 is 0 Å². The first-order valence-corrected chi connectivity index (χ1v) is 6.90. The average molecular weight is 258 g/mol. The van der Waals surface area contributed by atoms with Crippen molar-refractivity contribution in [3.63, 3.8) is 0 Å². The molecule has 1 fully saturated rings. The van der Waals surface area contributed by atoms with Gasteiger partial charge in [0.1, 0.15) is 10.7 Å². The summed E-state index contributed by atoms with van der Waals surface area (Å²) >= 11 is 0. The van der Waals surface area contributed by atoms with E-state index in [-0.39, 0.29) is 5.56 Å². The van der Waals surface area contributed by atoms with Crippen LogP contribution in [0.5, 0.6) is 0 Å². The van der Waals surface area contributed by atoms with Gasteiger partial charge in [0.15, 0.2) is 9.84 Å². The lowest BCUT2D eigenvalue weighted by Crippen LogP contribution is -2.22. The number of carboxylic acid groups (broad SMARTS) is 1. The van der Waals surface area contributed by atoms with Gasteiger partial charge >= 0.3 is 5.97 Å². The molecule has 1 saturated carbocycles. The Morgan fingerprint density at radius 3 is 2.41 bits per heavy atom. The fourth-order valence-electron chi connectivity index (χ4n) is 1.89. The summed E-state index contributed by atoms with van der Waals surface area (Å²) in [5.41, 5.74) is -1.27. The maximum Gasteiger partial charge on any atom is 0.314 e. The third-order valence-corrected chi connectivity index (χ3v) is 4.15. The SMILES string of the molecule is CS(=O)(=O)c1cccc(C2(C(=O)O)CC2)c1F. The molecular formula is C11H11FO4S. The minimum absolute atomic E-state index is 0.0343. The van der Waals surface area contributed by atoms with Crippen LogP contribution in [-0.2, 0) is 20.0 Å². The van der Waals surface area contributed by atoms with Crippen molar-refractivity contribution in [1.29, 1.82) is 0 Å². The lowest BCUT2D eigenvalue weighted by molar-refractivity contribution is -0.140. The van der Waals surface area contributed by atoms with Crippen molar-refractivity contribution in [3.8, 4) is 0 Å². The number of carboxylic acids is 1. The summed E-state index contributed by atoms with van der Waals surface area (Å²) in [5, 5.41) is 9.06. The number of carbonyl (C=O) groups is 1. The molecule has 0 aromatic heterocycles. The van der Waals surface area contributed by atoms with E-state index < -0.39 is 31.9 Å². The first-order valence-electron chi connectivity index (χ1n) is 5.01. The highest BCUT2D eigenvalue weighted by atomic mass is 32.2. The minimum atomic E-state index is -3.68. The minimum Gasteiger partial charge on any atom is -0.481 e. The summed E-state index contributed by atoms with van der Waals surface area (Å²) in [6.45, 7) is 0. The zero-order valence-corrected chi connectivity index (χ0v) is 9.92. The van der Waals surface area contributed by atoms with Gasteiger partial charge < -0.3 is 5.11 Å². The molecule has 1 N–H and O–H groups in total. The van der Waals surface area contributed by atoms with Gasteiger partial charge in [0.05, 0.1) is 5.41 Å². The standard InChI is InChI=1S/C11H11FO4S/c1-17(15,16)8-4-2-3-7(9(8)12)11(5-6-11)10(13)14/h2-4H,5-6H2,1H3,(H,13,14). The Kier molecular flexibility index (Phi) is 2.50. The van der Waals surface area contributed by atoms with E-state index >= 15 is 0 Å². The third kappa shape index (κ3) is 1.82. The molecule has 1 aliphatic carbocycles. The number of hydrogen-bond donors (Lipinski definition) is 1. The summed E-state index contributed by atoms with van der Waals surface area (Å²) in [7, 11) is -3.68. The lowest BCUT2D eigenvalue weighted by Gasteiger charge is -2.13. The summed E-state index contributed by atoms with van der Waals surface area (Å²) in [6, 6.07) is 3.86. The Bertz CT molecular complexity index is 587. The van der Waals surface area contributed by atoms with Crippen molar-refractivity contribution in [3.05, 3.63) is 29.6 Å². The number of rotatable bonds is 3. The van der Waals surface area contributed by atoms with Crippen molar-refractivity contribution in [2.75, 3.05) is 6.26 Å². The molecule has 0 spiro atoms. The van der Waals surface area contributed by atoms with E-state index in [4.69, 9.17) is 5.11 Å². The Labute approximate surface area is 98.0 Å². The fourth-order valence-corrected chi connectivity index (χ4v) is 2.65. The summed E-state index contributed by atoms with van der Waals surface area (Å²) in [6.07, 6.45) is 1.58. The molecule has 0 bridgehead atoms. The van der Waals surface area contributed by atoms with E-state index in [2.05, 4.69) is 0 Å². The zero-order chi connectivity index (χ0) is 12.8. The molecule has 1 aromatic rings. The topological polar surface area (TPSA) is 71.4 Å². The molecule has 6 heteroatoms. The van der Waals surface area contributed by atoms with Gasteiger partial charge in [0, 0.05) is 11.8 Å². The molecular weight excluding hydrogens is 247 g/mol. The normalized spacial score (nSPS) is 17.8. The van der Waals surface area contributed by atoms with Gasteiger partial charge in [-0.15, -0.1) is 0 Å². The quantitative estimate of drug-likeness (QED) is 0.888. The first kappa shape index (κ1) is 12.0. The van der Waals surface area contributed by atoms with Crippen LogP contribution in [-0.4, -0.2) is 25.7 Å². The highest BCUT2D eigenvalue weighted by Crippen LogP contribution is 2.49. The number of sulfone groups is 1. The van der Waals surface area contributed by atoms with E-state index in [0.717, 1.165) is 12.3 Å². The van der Waals surface area contributed by atoms with Crippen LogP contribution in [0.4, 0.5) is 4.39 Å². The van der Waals surface area contributed by atoms with E-state index in [9.17, 15) is 17.6 Å². The van der Waals surface area contributed by atoms with Crippen LogP contribution in [0.15, 0.2) is 23.1 Å². The molecule has 17 heavy (non-hydrogen) atoms. The predicted octanol–water partition coefficient (Wildman–Crippen LogP) is 1.35. The van der Waals surface area contributed by atoms with Crippen LogP contribution in [0.25, 0.3) is 0 Å². The van der Waals surface area contributed by atoms with Crippen LogP contribution >= 0.6 is 0 Å². The van der Waals surface area contributed by atoms with E-state index in [0.29, 0.717) is 12.8 Å². The number of aliphatic carboxylic acids is 1. The maximum absolute atomic E-state index is 14.0. The molecule has 92 valence electrons. The smallest absolute Gasteiger partial charge is 0.314 e. The molecule has 1 aromatic carbocycles. The molecule has 1 aliphatic rings. The molecule has 4 nitrogen and oxygen atoms in total. The van der Waals surface area contributed by atoms with Crippen molar-refractivity contribution < 1.29 is 22.7 Å². The van der Waals surface area contributed by atoms with Crippen molar-refractivity contribution in [1.82, 2.24) is 0 Å². The number of hydrogen-bond acceptors (Lipinski definition) is 3. The second-order valence-electron chi connectivity index (χ2n) is 4.28. The van der Waals surface area contributed by atoms with E-state index in [1.807, 2.05) is 0 Å². The van der Waals surface area contributed by atoms with Gasteiger partial charge in [-0.1, -0.05) is 12.1 Å². The van der Waals surface area contributed by atoms with Crippen molar-refractivity contribution in [2.24, 2.45) is 0 Å². The summed E-state index contributed by atoms with van der Waals surface area (Å²) in [4.78, 5) is 10.6. The van der Waals surface area contributed by atoms with Gasteiger partial charge in [-0.05, 0) is 18.9 Å². The molecule has 2 rings (SSSR count). The summed E-state index contributed by atoms with van der Waals surface area (Å²) < 4.78 is 36.7. The molecule has 0 heterocycles. The lowest BCUT2D eigenvalue weighted by atomic mass is 9.96. The highest BCUT2D eigenvalue weighted by Gasteiger charge is 2.53. The Morgan fingerprint density at radius 2 is 2.00 bits per heavy atom. The molecule has 0 radical (unpaired) electrons. The van der Waals surface area contributed by atoms with Gasteiger partial charge in [-0.3, -0.25) is 4.79 Å². The third-order valence-electron chi connectivity index (χ3n) is 3.04. The highest BCUT2D eigenvalue weighted by molar-refractivity contribution is 7.90. The molecule has 0 amide bonds. The number of halogens is 1. The maximum atomic E-state index is 14.0. The monoisotopic (exact) mass is 258 g/mol. The van der Waals surface area contributed by atoms with Gasteiger partial charge in [0.2, 0.25) is 0 Å². The Morgan fingerprint density at radius 1 is 1.41 bits per heavy atom. The Hall–Kier alpha value is -1.43. The van der Waals surface area contributed by atoms with E-state index in [1.54, 1.807) is 0 Å². The molecule has 0 unspecified atom stereocenters. The summed E-state index contributed by atoms with van der Waals surface area (Å²) in [5.74, 6) is -2.04. The van der Waals surface area contributed by atoms with E-state index in [1.165, 1.54) is 12.1 Å². The predicted molar refractivity (Wildman–Crippen MR) is 58.1 cm³/mol. The van der Waals surface area contributed by atoms with Crippen LogP contribution in [0.3, 0.4) is 0 Å². The fraction of sp³-hybridized carbons (Fsp3) is 0.364. The Balaban J connectivity index is 2.63. The van der Waals surface area contributed by atoms with Crippen LogP contribution in [0.1, 0.15) is 18.4 Å². The average Bonchev–Trinajstić information content (AvgIpc) is 2.97. The first-order chi connectivity index (χ1) is 7.79. The largest absolute Gasteiger partial charge is 0.481 e. The second-order valence-corrected chi connectivity index (χ2v) is 6.26. The van der Waals surface area contributed by atoms with Crippen molar-refractivity contribution >= 4 is 15.8 Å². The number of benzene rings is 1. The van der Waals surface area contributed by atoms with Gasteiger partial charge in [-0.2, -0.15) is 0 Å². The van der Waals surface area contributed by atoms with Gasteiger partial charge in [-0.25, -0.2) is 12.8 Å². The molecule has 0 saturated heterocycles. The van der Waals surface area contributed by atoms with Crippen LogP contribution in [0.2, 0.25) is 0 Å². The van der Waals surface area contributed by atoms with Crippen LogP contribution in [0, 0.1) is 5.82 Å². The molecule has 0 aliphatic heterocycles. The molecule has 0 atom stereocenters. The van der Waals surface area contributed by atoms with Gasteiger partial charge in [0.25, 0.3) is 0 Å². The van der Waals surface area contributed by atoms with Crippen molar-refractivity contribution in [2.45, 2.75) is 23.2 Å².